The van der Waals surface area contributed by atoms with Crippen molar-refractivity contribution in [2.24, 2.45) is 0 Å². The summed E-state index contributed by atoms with van der Waals surface area (Å²) in [6.45, 7) is 1.21. The molecule has 0 saturated carbocycles. The normalized spacial score (nSPS) is 15.3. The predicted molar refractivity (Wildman–Crippen MR) is 107 cm³/mol. The lowest BCUT2D eigenvalue weighted by Gasteiger charge is -2.32. The van der Waals surface area contributed by atoms with Gasteiger partial charge in [0.25, 0.3) is 11.5 Å². The molecule has 1 aliphatic heterocycles. The number of rotatable bonds is 3. The Bertz CT molecular complexity index is 1030. The van der Waals surface area contributed by atoms with Gasteiger partial charge in [0.15, 0.2) is 0 Å². The molecule has 2 aromatic heterocycles. The third-order valence-corrected chi connectivity index (χ3v) is 5.89. The molecular formula is C19H21N5O2S. The van der Waals surface area contributed by atoms with Crippen LogP contribution in [-0.2, 0) is 0 Å². The van der Waals surface area contributed by atoms with Crippen molar-refractivity contribution in [3.8, 4) is 0 Å². The Labute approximate surface area is 160 Å². The first kappa shape index (κ1) is 17.7. The van der Waals surface area contributed by atoms with E-state index in [1.165, 1.54) is 16.0 Å². The number of likely N-dealkylation sites (tertiary alicyclic amines) is 1. The minimum absolute atomic E-state index is 0.0198. The molecule has 0 radical (unpaired) electrons. The number of carbonyl (C=O) groups is 1. The number of anilines is 1. The number of carbonyl (C=O) groups excluding carboxylic acids is 1. The molecule has 7 nitrogen and oxygen atoms in total. The summed E-state index contributed by atoms with van der Waals surface area (Å²) in [5.74, 6) is 0.0318. The first-order valence-corrected chi connectivity index (χ1v) is 9.82. The van der Waals surface area contributed by atoms with Crippen LogP contribution in [0.3, 0.4) is 0 Å². The van der Waals surface area contributed by atoms with Gasteiger partial charge in [0.1, 0.15) is 10.2 Å². The molecular weight excluding hydrogens is 362 g/mol. The van der Waals surface area contributed by atoms with Crippen molar-refractivity contribution in [3.05, 3.63) is 51.6 Å². The van der Waals surface area contributed by atoms with Gasteiger partial charge >= 0.3 is 0 Å². The van der Waals surface area contributed by atoms with E-state index >= 15 is 0 Å². The average Bonchev–Trinajstić information content (AvgIpc) is 3.18. The summed E-state index contributed by atoms with van der Waals surface area (Å²) in [6.07, 6.45) is 1.40. The standard InChI is InChI=1S/C19H21N5O2S/c1-22(2)15-5-3-4-13(12-15)18(25)23-9-6-14(7-10-23)24-19(26)17-16(20-21-24)8-11-27-17/h3-5,8,11-12,14H,6-7,9-10H2,1-2H3. The van der Waals surface area contributed by atoms with Gasteiger partial charge in [-0.25, -0.2) is 4.68 Å². The number of hydrogen-bond donors (Lipinski definition) is 0. The highest BCUT2D eigenvalue weighted by Crippen LogP contribution is 2.24. The van der Waals surface area contributed by atoms with E-state index in [-0.39, 0.29) is 17.5 Å². The molecule has 1 saturated heterocycles. The molecule has 0 bridgehead atoms. The number of nitrogens with zero attached hydrogens (tertiary/aromatic N) is 5. The van der Waals surface area contributed by atoms with Gasteiger partial charge in [-0.15, -0.1) is 16.4 Å². The number of fused-ring (bicyclic) bond motifs is 1. The molecule has 0 atom stereocenters. The molecule has 4 rings (SSSR count). The minimum Gasteiger partial charge on any atom is -0.378 e. The van der Waals surface area contributed by atoms with Gasteiger partial charge < -0.3 is 9.80 Å². The van der Waals surface area contributed by atoms with Gasteiger partial charge in [-0.1, -0.05) is 11.3 Å². The summed E-state index contributed by atoms with van der Waals surface area (Å²) in [5, 5.41) is 10.1. The van der Waals surface area contributed by atoms with E-state index in [1.807, 2.05) is 59.6 Å². The first-order chi connectivity index (χ1) is 13.0. The van der Waals surface area contributed by atoms with Crippen molar-refractivity contribution in [2.45, 2.75) is 18.9 Å². The van der Waals surface area contributed by atoms with Gasteiger partial charge in [-0.3, -0.25) is 9.59 Å². The number of benzene rings is 1. The molecule has 0 aliphatic carbocycles. The molecule has 1 aromatic carbocycles. The van der Waals surface area contributed by atoms with Gasteiger partial charge in [0, 0.05) is 38.4 Å². The van der Waals surface area contributed by atoms with Gasteiger partial charge in [-0.05, 0) is 42.5 Å². The fourth-order valence-corrected chi connectivity index (χ4v) is 4.19. The van der Waals surface area contributed by atoms with Crippen LogP contribution in [0.5, 0.6) is 0 Å². The quantitative estimate of drug-likeness (QED) is 0.695. The number of piperidine rings is 1. The summed E-state index contributed by atoms with van der Waals surface area (Å²) in [5.41, 5.74) is 2.26. The highest BCUT2D eigenvalue weighted by Gasteiger charge is 2.26. The number of aromatic nitrogens is 3. The molecule has 1 amide bonds. The van der Waals surface area contributed by atoms with E-state index < -0.39 is 0 Å². The lowest BCUT2D eigenvalue weighted by atomic mass is 10.0. The van der Waals surface area contributed by atoms with Crippen LogP contribution in [0.4, 0.5) is 5.69 Å². The maximum atomic E-state index is 12.8. The van der Waals surface area contributed by atoms with E-state index in [9.17, 15) is 9.59 Å². The number of hydrogen-bond acceptors (Lipinski definition) is 6. The Morgan fingerprint density at radius 1 is 1.22 bits per heavy atom. The maximum Gasteiger partial charge on any atom is 0.287 e. The summed E-state index contributed by atoms with van der Waals surface area (Å²) < 4.78 is 2.14. The van der Waals surface area contributed by atoms with E-state index in [1.54, 1.807) is 0 Å². The molecule has 27 heavy (non-hydrogen) atoms. The van der Waals surface area contributed by atoms with Crippen LogP contribution in [0.25, 0.3) is 10.2 Å². The smallest absolute Gasteiger partial charge is 0.287 e. The summed E-state index contributed by atoms with van der Waals surface area (Å²) in [4.78, 5) is 29.3. The van der Waals surface area contributed by atoms with Crippen molar-refractivity contribution in [3.63, 3.8) is 0 Å². The van der Waals surface area contributed by atoms with Crippen molar-refractivity contribution >= 4 is 33.1 Å². The molecule has 3 aromatic rings. The molecule has 0 spiro atoms. The Kier molecular flexibility index (Phi) is 4.65. The van der Waals surface area contributed by atoms with Gasteiger partial charge in [0.2, 0.25) is 0 Å². The van der Waals surface area contributed by atoms with Crippen molar-refractivity contribution in [1.82, 2.24) is 19.9 Å². The van der Waals surface area contributed by atoms with Crippen molar-refractivity contribution in [1.29, 1.82) is 0 Å². The molecule has 140 valence electrons. The fourth-order valence-electron chi connectivity index (χ4n) is 3.43. The largest absolute Gasteiger partial charge is 0.378 e. The zero-order valence-electron chi connectivity index (χ0n) is 15.3. The number of thiophene rings is 1. The first-order valence-electron chi connectivity index (χ1n) is 8.94. The molecule has 0 unspecified atom stereocenters. The van der Waals surface area contributed by atoms with Crippen LogP contribution in [0, 0.1) is 0 Å². The third kappa shape index (κ3) is 3.32. The zero-order valence-corrected chi connectivity index (χ0v) is 16.1. The van der Waals surface area contributed by atoms with E-state index in [0.717, 1.165) is 5.69 Å². The van der Waals surface area contributed by atoms with E-state index in [4.69, 9.17) is 0 Å². The lowest BCUT2D eigenvalue weighted by molar-refractivity contribution is 0.0687. The summed E-state index contributed by atoms with van der Waals surface area (Å²) >= 11 is 1.39. The summed E-state index contributed by atoms with van der Waals surface area (Å²) in [7, 11) is 3.91. The highest BCUT2D eigenvalue weighted by molar-refractivity contribution is 7.17. The van der Waals surface area contributed by atoms with Crippen LogP contribution in [0.2, 0.25) is 0 Å². The molecule has 1 fully saturated rings. The highest BCUT2D eigenvalue weighted by atomic mass is 32.1. The molecule has 1 aliphatic rings. The Morgan fingerprint density at radius 3 is 2.74 bits per heavy atom. The second kappa shape index (κ2) is 7.11. The fraction of sp³-hybridized carbons (Fsp3) is 0.368. The number of amides is 1. The maximum absolute atomic E-state index is 12.8. The average molecular weight is 383 g/mol. The van der Waals surface area contributed by atoms with E-state index in [2.05, 4.69) is 10.3 Å². The Hall–Kier alpha value is -2.74. The van der Waals surface area contributed by atoms with Crippen molar-refractivity contribution < 1.29 is 4.79 Å². The van der Waals surface area contributed by atoms with Gasteiger partial charge in [-0.2, -0.15) is 0 Å². The van der Waals surface area contributed by atoms with Gasteiger partial charge in [0.05, 0.1) is 6.04 Å². The monoisotopic (exact) mass is 383 g/mol. The Balaban J connectivity index is 1.48. The summed E-state index contributed by atoms with van der Waals surface area (Å²) in [6, 6.07) is 9.43. The lowest BCUT2D eigenvalue weighted by Crippen LogP contribution is -2.41. The second-order valence-electron chi connectivity index (χ2n) is 6.94. The SMILES string of the molecule is CN(C)c1cccc(C(=O)N2CCC(n3nnc4ccsc4c3=O)CC2)c1. The molecule has 0 N–H and O–H groups in total. The van der Waals surface area contributed by atoms with E-state index in [0.29, 0.717) is 41.7 Å². The van der Waals surface area contributed by atoms with Crippen LogP contribution in [0.1, 0.15) is 29.2 Å². The van der Waals surface area contributed by atoms with Crippen molar-refractivity contribution in [2.75, 3.05) is 32.1 Å². The molecule has 3 heterocycles. The zero-order chi connectivity index (χ0) is 19.0. The second-order valence-corrected chi connectivity index (χ2v) is 7.86. The van der Waals surface area contributed by atoms with Crippen LogP contribution < -0.4 is 10.5 Å². The Morgan fingerprint density at radius 2 is 2.00 bits per heavy atom. The van der Waals surface area contributed by atoms with Crippen LogP contribution in [-0.4, -0.2) is 53.0 Å². The molecule has 8 heteroatoms. The predicted octanol–water partition coefficient (Wildman–Crippen LogP) is 2.40. The minimum atomic E-state index is -0.0848. The van der Waals surface area contributed by atoms with Crippen LogP contribution in [0.15, 0.2) is 40.5 Å². The van der Waals surface area contributed by atoms with Crippen LogP contribution >= 0.6 is 11.3 Å². The topological polar surface area (TPSA) is 71.3 Å². The third-order valence-electron chi connectivity index (χ3n) is 5.00.